The molecule has 4 aromatic rings. The molecule has 0 radical (unpaired) electrons. The first-order valence-corrected chi connectivity index (χ1v) is 11.9. The molecule has 8 nitrogen and oxygen atoms in total. The lowest BCUT2D eigenvalue weighted by Gasteiger charge is -2.30. The second kappa shape index (κ2) is 10.8. The summed E-state index contributed by atoms with van der Waals surface area (Å²) < 4.78 is 38.9. The molecule has 1 amide bonds. The minimum Gasteiger partial charge on any atom is -0.489 e. The lowest BCUT2D eigenvalue weighted by atomic mass is 10.1. The highest BCUT2D eigenvalue weighted by molar-refractivity contribution is 6.07. The summed E-state index contributed by atoms with van der Waals surface area (Å²) in [7, 11) is 3.87. The Morgan fingerprint density at radius 1 is 1.13 bits per heavy atom. The molecule has 0 bridgehead atoms. The third kappa shape index (κ3) is 5.40. The number of hydrogen-bond donors (Lipinski definition) is 1. The summed E-state index contributed by atoms with van der Waals surface area (Å²) in [6, 6.07) is 13.4. The molecule has 5 rings (SSSR count). The van der Waals surface area contributed by atoms with Crippen molar-refractivity contribution in [1.82, 2.24) is 14.9 Å². The summed E-state index contributed by atoms with van der Waals surface area (Å²) in [6.07, 6.45) is 4.83. The molecular weight excluding hydrogens is 492 g/mol. The molecule has 1 aromatic heterocycles. The van der Waals surface area contributed by atoms with E-state index >= 15 is 0 Å². The van der Waals surface area contributed by atoms with Crippen LogP contribution in [0, 0.1) is 11.6 Å². The number of halogens is 2. The van der Waals surface area contributed by atoms with E-state index in [4.69, 9.17) is 9.47 Å². The normalized spacial score (nSPS) is 13.0. The number of ether oxygens (including phenoxy) is 2. The first kappa shape index (κ1) is 25.1. The Labute approximate surface area is 218 Å². The molecule has 0 spiro atoms. The first-order chi connectivity index (χ1) is 18.4. The minimum atomic E-state index is -0.661. The number of anilines is 3. The van der Waals surface area contributed by atoms with E-state index in [0.717, 1.165) is 18.2 Å². The van der Waals surface area contributed by atoms with Gasteiger partial charge in [-0.1, -0.05) is 6.08 Å². The zero-order valence-corrected chi connectivity index (χ0v) is 20.8. The lowest BCUT2D eigenvalue weighted by Crippen LogP contribution is -2.37. The standard InChI is InChI=1S/C28H25F2N5O3/c1-34(2)13-3-4-25(36)35-14-15-37-27-23(35)12-11-22-26(27)28(32-17-31-22)33-19-6-8-20(9-7-19)38-24-16-18(29)5-10-21(24)30/h3-12,16-17H,13-15H2,1-2H3,(H,31,32,33)/b4-3+. The molecule has 0 saturated heterocycles. The van der Waals surface area contributed by atoms with Crippen LogP contribution >= 0.6 is 0 Å². The van der Waals surface area contributed by atoms with Crippen LogP contribution < -0.4 is 19.7 Å². The van der Waals surface area contributed by atoms with E-state index in [-0.39, 0.29) is 11.7 Å². The quantitative estimate of drug-likeness (QED) is 0.334. The summed E-state index contributed by atoms with van der Waals surface area (Å²) in [5, 5.41) is 3.90. The van der Waals surface area contributed by atoms with Gasteiger partial charge in [-0.15, -0.1) is 0 Å². The van der Waals surface area contributed by atoms with E-state index in [1.807, 2.05) is 37.2 Å². The highest BCUT2D eigenvalue weighted by Crippen LogP contribution is 2.41. The Bertz CT molecular complexity index is 1510. The highest BCUT2D eigenvalue weighted by Gasteiger charge is 2.26. The van der Waals surface area contributed by atoms with E-state index in [2.05, 4.69) is 15.3 Å². The number of carbonyl (C=O) groups is 1. The average Bonchev–Trinajstić information content (AvgIpc) is 2.91. The van der Waals surface area contributed by atoms with Crippen molar-refractivity contribution < 1.29 is 23.0 Å². The summed E-state index contributed by atoms with van der Waals surface area (Å²) in [5.41, 5.74) is 1.97. The zero-order chi connectivity index (χ0) is 26.6. The number of nitrogens with zero attached hydrogens (tertiary/aromatic N) is 4. The smallest absolute Gasteiger partial charge is 0.250 e. The van der Waals surface area contributed by atoms with Gasteiger partial charge in [-0.3, -0.25) is 4.79 Å². The molecule has 0 unspecified atom stereocenters. The monoisotopic (exact) mass is 517 g/mol. The number of amides is 1. The van der Waals surface area contributed by atoms with Crippen molar-refractivity contribution in [3.05, 3.63) is 84.7 Å². The fourth-order valence-electron chi connectivity index (χ4n) is 4.03. The zero-order valence-electron chi connectivity index (χ0n) is 20.8. The van der Waals surface area contributed by atoms with Crippen molar-refractivity contribution in [3.8, 4) is 17.2 Å². The molecule has 1 aliphatic heterocycles. The van der Waals surface area contributed by atoms with Gasteiger partial charge >= 0.3 is 0 Å². The Balaban J connectivity index is 1.41. The molecule has 1 aliphatic rings. The van der Waals surface area contributed by atoms with Gasteiger partial charge in [0.2, 0.25) is 0 Å². The van der Waals surface area contributed by atoms with Crippen LogP contribution in [-0.4, -0.2) is 54.6 Å². The van der Waals surface area contributed by atoms with Gasteiger partial charge < -0.3 is 24.6 Å². The molecule has 0 fully saturated rings. The van der Waals surface area contributed by atoms with Gasteiger partial charge in [-0.2, -0.15) is 0 Å². The van der Waals surface area contributed by atoms with E-state index in [1.165, 1.54) is 6.33 Å². The SMILES string of the molecule is CN(C)C/C=C/C(=O)N1CCOc2c1ccc1ncnc(Nc3ccc(Oc4cc(F)ccc4F)cc3)c21. The van der Waals surface area contributed by atoms with Gasteiger partial charge in [0.1, 0.15) is 30.3 Å². The number of hydrogen-bond acceptors (Lipinski definition) is 7. The molecule has 1 N–H and O–H groups in total. The second-order valence-electron chi connectivity index (χ2n) is 8.86. The van der Waals surface area contributed by atoms with Gasteiger partial charge in [-0.05, 0) is 62.6 Å². The average molecular weight is 518 g/mol. The molecule has 194 valence electrons. The Kier molecular flexibility index (Phi) is 7.14. The van der Waals surface area contributed by atoms with Crippen LogP contribution in [0.5, 0.6) is 17.2 Å². The Hall–Kier alpha value is -4.57. The number of likely N-dealkylation sites (N-methyl/N-ethyl adjacent to an activating group) is 1. The van der Waals surface area contributed by atoms with Crippen LogP contribution in [0.15, 0.2) is 73.1 Å². The predicted octanol–water partition coefficient (Wildman–Crippen LogP) is 5.29. The fraction of sp³-hybridized carbons (Fsp3) is 0.179. The summed E-state index contributed by atoms with van der Waals surface area (Å²) in [5.74, 6) is -0.233. The highest BCUT2D eigenvalue weighted by atomic mass is 19.1. The van der Waals surface area contributed by atoms with Crippen LogP contribution in [0.2, 0.25) is 0 Å². The lowest BCUT2D eigenvalue weighted by molar-refractivity contribution is -0.114. The maximum atomic E-state index is 13.9. The maximum Gasteiger partial charge on any atom is 0.250 e. The summed E-state index contributed by atoms with van der Waals surface area (Å²) >= 11 is 0. The van der Waals surface area contributed by atoms with Crippen molar-refractivity contribution in [2.45, 2.75) is 0 Å². The fourth-order valence-corrected chi connectivity index (χ4v) is 4.03. The van der Waals surface area contributed by atoms with Crippen molar-refractivity contribution in [2.75, 3.05) is 44.0 Å². The molecule has 0 aliphatic carbocycles. The number of aromatic nitrogens is 2. The third-order valence-electron chi connectivity index (χ3n) is 5.82. The number of carbonyl (C=O) groups excluding carboxylic acids is 1. The van der Waals surface area contributed by atoms with Crippen LogP contribution in [-0.2, 0) is 4.79 Å². The van der Waals surface area contributed by atoms with E-state index < -0.39 is 11.6 Å². The van der Waals surface area contributed by atoms with E-state index in [0.29, 0.717) is 59.3 Å². The molecule has 10 heteroatoms. The van der Waals surface area contributed by atoms with Gasteiger partial charge in [0.15, 0.2) is 17.3 Å². The van der Waals surface area contributed by atoms with Crippen LogP contribution in [0.4, 0.5) is 26.0 Å². The van der Waals surface area contributed by atoms with Gasteiger partial charge in [0.05, 0.1) is 23.1 Å². The Morgan fingerprint density at radius 3 is 2.74 bits per heavy atom. The number of fused-ring (bicyclic) bond motifs is 3. The van der Waals surface area contributed by atoms with E-state index in [9.17, 15) is 13.6 Å². The largest absolute Gasteiger partial charge is 0.489 e. The van der Waals surface area contributed by atoms with Crippen molar-refractivity contribution in [1.29, 1.82) is 0 Å². The molecule has 3 aromatic carbocycles. The third-order valence-corrected chi connectivity index (χ3v) is 5.82. The van der Waals surface area contributed by atoms with Gasteiger partial charge in [0, 0.05) is 24.4 Å². The van der Waals surface area contributed by atoms with Crippen molar-refractivity contribution in [2.24, 2.45) is 0 Å². The Morgan fingerprint density at radius 2 is 1.95 bits per heavy atom. The number of benzene rings is 3. The topological polar surface area (TPSA) is 79.8 Å². The van der Waals surface area contributed by atoms with Crippen molar-refractivity contribution in [3.63, 3.8) is 0 Å². The molecule has 0 atom stereocenters. The maximum absolute atomic E-state index is 13.9. The minimum absolute atomic E-state index is 0.132. The van der Waals surface area contributed by atoms with Gasteiger partial charge in [0.25, 0.3) is 5.91 Å². The van der Waals surface area contributed by atoms with Crippen LogP contribution in [0.3, 0.4) is 0 Å². The second-order valence-corrected chi connectivity index (χ2v) is 8.86. The molecule has 0 saturated carbocycles. The van der Waals surface area contributed by atoms with Crippen LogP contribution in [0.25, 0.3) is 10.9 Å². The van der Waals surface area contributed by atoms with Gasteiger partial charge in [-0.25, -0.2) is 18.7 Å². The van der Waals surface area contributed by atoms with Crippen molar-refractivity contribution >= 4 is 34.0 Å². The predicted molar refractivity (Wildman–Crippen MR) is 141 cm³/mol. The molecule has 2 heterocycles. The summed E-state index contributed by atoms with van der Waals surface area (Å²) in [4.78, 5) is 25.3. The molecule has 38 heavy (non-hydrogen) atoms. The number of rotatable bonds is 7. The first-order valence-electron chi connectivity index (χ1n) is 11.9. The van der Waals surface area contributed by atoms with Crippen LogP contribution in [0.1, 0.15) is 0 Å². The molecular formula is C28H25F2N5O3. The summed E-state index contributed by atoms with van der Waals surface area (Å²) in [6.45, 7) is 1.41. The van der Waals surface area contributed by atoms with E-state index in [1.54, 1.807) is 35.2 Å². The number of nitrogens with one attached hydrogen (secondary N) is 1.